The minimum atomic E-state index is 0.670. The maximum absolute atomic E-state index is 5.24. The minimum absolute atomic E-state index is 0.670. The van der Waals surface area contributed by atoms with Crippen LogP contribution in [0.4, 0.5) is 0 Å². The molecular weight excluding hydrogens is 504 g/mol. The SMILES string of the molecule is C=C(N=C(N=C(C)c1cccc2c1-c1cc(C)ccc1C2)c1ccc2sc3ccccc3c2c1)c1ccccc1. The van der Waals surface area contributed by atoms with Crippen LogP contribution >= 0.6 is 11.3 Å². The van der Waals surface area contributed by atoms with Crippen LogP contribution in [0.25, 0.3) is 37.0 Å². The van der Waals surface area contributed by atoms with Gasteiger partial charge in [0.05, 0.1) is 5.70 Å². The topological polar surface area (TPSA) is 24.7 Å². The molecule has 0 saturated heterocycles. The molecule has 0 amide bonds. The van der Waals surface area contributed by atoms with E-state index in [1.54, 1.807) is 0 Å². The Morgan fingerprint density at radius 2 is 1.50 bits per heavy atom. The second-order valence-electron chi connectivity index (χ2n) is 10.4. The summed E-state index contributed by atoms with van der Waals surface area (Å²) < 4.78 is 2.55. The summed E-state index contributed by atoms with van der Waals surface area (Å²) in [5.74, 6) is 0.670. The molecule has 0 bridgehead atoms. The van der Waals surface area contributed by atoms with Gasteiger partial charge in [-0.05, 0) is 72.4 Å². The number of benzene rings is 5. The van der Waals surface area contributed by atoms with E-state index in [0.717, 1.165) is 28.8 Å². The van der Waals surface area contributed by atoms with E-state index in [1.165, 1.54) is 48.0 Å². The molecule has 6 aromatic rings. The van der Waals surface area contributed by atoms with Crippen LogP contribution in [0.15, 0.2) is 126 Å². The van der Waals surface area contributed by atoms with E-state index in [9.17, 15) is 0 Å². The van der Waals surface area contributed by atoms with E-state index in [1.807, 2.05) is 41.7 Å². The number of thiophene rings is 1. The fourth-order valence-corrected chi connectivity index (χ4v) is 6.80. The first-order valence-corrected chi connectivity index (χ1v) is 14.4. The Morgan fingerprint density at radius 3 is 2.38 bits per heavy atom. The molecule has 1 heterocycles. The third-order valence-electron chi connectivity index (χ3n) is 7.71. The highest BCUT2D eigenvalue weighted by molar-refractivity contribution is 7.25. The van der Waals surface area contributed by atoms with Crippen molar-refractivity contribution in [1.82, 2.24) is 0 Å². The molecule has 0 atom stereocenters. The first kappa shape index (κ1) is 24.4. The van der Waals surface area contributed by atoms with Gasteiger partial charge in [-0.15, -0.1) is 11.3 Å². The van der Waals surface area contributed by atoms with E-state index >= 15 is 0 Å². The first-order chi connectivity index (χ1) is 19.5. The Kier molecular flexibility index (Phi) is 6.02. The number of hydrogen-bond acceptors (Lipinski definition) is 2. The highest BCUT2D eigenvalue weighted by Gasteiger charge is 2.22. The number of aliphatic imine (C=N–C) groups is 2. The van der Waals surface area contributed by atoms with E-state index in [4.69, 9.17) is 9.98 Å². The first-order valence-electron chi connectivity index (χ1n) is 13.6. The van der Waals surface area contributed by atoms with Crippen LogP contribution in [-0.4, -0.2) is 11.5 Å². The van der Waals surface area contributed by atoms with Crippen LogP contribution in [0, 0.1) is 6.92 Å². The molecule has 0 fully saturated rings. The van der Waals surface area contributed by atoms with E-state index in [0.29, 0.717) is 11.5 Å². The van der Waals surface area contributed by atoms with E-state index in [2.05, 4.69) is 99.3 Å². The second kappa shape index (κ2) is 9.86. The zero-order chi connectivity index (χ0) is 27.2. The number of hydrogen-bond donors (Lipinski definition) is 0. The quantitative estimate of drug-likeness (QED) is 0.159. The molecule has 5 aromatic carbocycles. The Bertz CT molecular complexity index is 2010. The van der Waals surface area contributed by atoms with Crippen LogP contribution < -0.4 is 0 Å². The highest BCUT2D eigenvalue weighted by Crippen LogP contribution is 2.40. The van der Waals surface area contributed by atoms with Crippen LogP contribution in [0.5, 0.6) is 0 Å². The largest absolute Gasteiger partial charge is 0.233 e. The summed E-state index contributed by atoms with van der Waals surface area (Å²) in [4.78, 5) is 10.3. The van der Waals surface area contributed by atoms with Crippen molar-refractivity contribution >= 4 is 48.8 Å². The van der Waals surface area contributed by atoms with Gasteiger partial charge in [-0.1, -0.05) is 97.1 Å². The number of rotatable bonds is 4. The molecule has 0 aliphatic heterocycles. The van der Waals surface area contributed by atoms with Crippen molar-refractivity contribution in [3.8, 4) is 11.1 Å². The summed E-state index contributed by atoms with van der Waals surface area (Å²) in [7, 11) is 0. The molecule has 0 spiro atoms. The van der Waals surface area contributed by atoms with Crippen molar-refractivity contribution < 1.29 is 0 Å². The van der Waals surface area contributed by atoms with Gasteiger partial charge >= 0.3 is 0 Å². The Labute approximate surface area is 238 Å². The molecule has 1 aliphatic carbocycles. The van der Waals surface area contributed by atoms with Crippen molar-refractivity contribution in [2.45, 2.75) is 20.3 Å². The summed E-state index contributed by atoms with van der Waals surface area (Å²) in [5, 5.41) is 2.49. The second-order valence-corrected chi connectivity index (χ2v) is 11.5. The maximum Gasteiger partial charge on any atom is 0.160 e. The molecule has 0 radical (unpaired) electrons. The van der Waals surface area contributed by atoms with Crippen LogP contribution in [0.2, 0.25) is 0 Å². The lowest BCUT2D eigenvalue weighted by Gasteiger charge is -2.12. The molecule has 3 heteroatoms. The van der Waals surface area contributed by atoms with Gasteiger partial charge in [0.15, 0.2) is 5.84 Å². The highest BCUT2D eigenvalue weighted by atomic mass is 32.1. The predicted molar refractivity (Wildman–Crippen MR) is 173 cm³/mol. The molecule has 0 saturated carbocycles. The monoisotopic (exact) mass is 532 g/mol. The lowest BCUT2D eigenvalue weighted by atomic mass is 9.96. The van der Waals surface area contributed by atoms with Gasteiger partial charge < -0.3 is 0 Å². The molecule has 1 aromatic heterocycles. The predicted octanol–water partition coefficient (Wildman–Crippen LogP) is 9.86. The fraction of sp³-hybridized carbons (Fsp3) is 0.0811. The summed E-state index contributed by atoms with van der Waals surface area (Å²) in [6, 6.07) is 38.6. The van der Waals surface area contributed by atoms with Crippen LogP contribution in [0.1, 0.15) is 40.3 Å². The van der Waals surface area contributed by atoms with Crippen molar-refractivity contribution in [3.05, 3.63) is 149 Å². The zero-order valence-electron chi connectivity index (χ0n) is 22.6. The average molecular weight is 533 g/mol. The lowest BCUT2D eigenvalue weighted by Crippen LogP contribution is -2.06. The normalized spacial score (nSPS) is 13.1. The van der Waals surface area contributed by atoms with Crippen molar-refractivity contribution in [2.24, 2.45) is 9.98 Å². The molecule has 0 N–H and O–H groups in total. The molecule has 7 rings (SSSR count). The lowest BCUT2D eigenvalue weighted by molar-refractivity contribution is 1.26. The van der Waals surface area contributed by atoms with Crippen LogP contribution in [0.3, 0.4) is 0 Å². The van der Waals surface area contributed by atoms with Crippen molar-refractivity contribution in [2.75, 3.05) is 0 Å². The number of aryl methyl sites for hydroxylation is 1. The van der Waals surface area contributed by atoms with Gasteiger partial charge in [0.25, 0.3) is 0 Å². The van der Waals surface area contributed by atoms with Crippen molar-refractivity contribution in [1.29, 1.82) is 0 Å². The third-order valence-corrected chi connectivity index (χ3v) is 8.86. The standard InChI is InChI=1S/C37H28N2S/c1-23-16-17-27-21-28-12-9-14-30(36(28)32(27)20-23)25(3)39-37(38-24(2)26-10-5-4-6-11-26)29-18-19-35-33(22-29)31-13-7-8-15-34(31)40-35/h4-20,22H,2,21H2,1,3H3. The van der Waals surface area contributed by atoms with Gasteiger partial charge in [-0.2, -0.15) is 0 Å². The minimum Gasteiger partial charge on any atom is -0.233 e. The Hall–Kier alpha value is -4.60. The molecule has 192 valence electrons. The van der Waals surface area contributed by atoms with Gasteiger partial charge in [-0.3, -0.25) is 0 Å². The molecule has 2 nitrogen and oxygen atoms in total. The maximum atomic E-state index is 5.24. The average Bonchev–Trinajstić information content (AvgIpc) is 3.54. The summed E-state index contributed by atoms with van der Waals surface area (Å²) in [5.41, 5.74) is 11.4. The summed E-state index contributed by atoms with van der Waals surface area (Å²) in [6.45, 7) is 8.57. The molecule has 0 unspecified atom stereocenters. The zero-order valence-corrected chi connectivity index (χ0v) is 23.4. The summed E-state index contributed by atoms with van der Waals surface area (Å²) in [6.07, 6.45) is 0.958. The molecule has 1 aliphatic rings. The van der Waals surface area contributed by atoms with Gasteiger partial charge in [0.1, 0.15) is 0 Å². The number of fused-ring (bicyclic) bond motifs is 6. The number of nitrogens with zero attached hydrogens (tertiary/aromatic N) is 2. The van der Waals surface area contributed by atoms with Gasteiger partial charge in [-0.25, -0.2) is 9.98 Å². The summed E-state index contributed by atoms with van der Waals surface area (Å²) >= 11 is 1.82. The third kappa shape index (κ3) is 4.29. The van der Waals surface area contributed by atoms with Gasteiger partial charge in [0, 0.05) is 37.0 Å². The molecular formula is C37H28N2S. The fourth-order valence-electron chi connectivity index (χ4n) is 5.71. The van der Waals surface area contributed by atoms with E-state index in [-0.39, 0.29) is 0 Å². The Morgan fingerprint density at radius 1 is 0.700 bits per heavy atom. The smallest absolute Gasteiger partial charge is 0.160 e. The number of amidine groups is 1. The Balaban J connectivity index is 1.40. The van der Waals surface area contributed by atoms with Gasteiger partial charge in [0.2, 0.25) is 0 Å². The van der Waals surface area contributed by atoms with Crippen LogP contribution in [-0.2, 0) is 6.42 Å². The van der Waals surface area contributed by atoms with E-state index < -0.39 is 0 Å². The molecule has 40 heavy (non-hydrogen) atoms. The van der Waals surface area contributed by atoms with Crippen molar-refractivity contribution in [3.63, 3.8) is 0 Å².